The first kappa shape index (κ1) is 13.9. The van der Waals surface area contributed by atoms with Gasteiger partial charge in [-0.15, -0.1) is 0 Å². The van der Waals surface area contributed by atoms with E-state index in [1.165, 1.54) is 12.1 Å². The number of para-hydroxylation sites is 1. The first-order valence-corrected chi connectivity index (χ1v) is 6.84. The third kappa shape index (κ3) is 2.73. The van der Waals surface area contributed by atoms with Gasteiger partial charge in [-0.1, -0.05) is 29.3 Å². The summed E-state index contributed by atoms with van der Waals surface area (Å²) in [6.07, 6.45) is 0. The molecule has 0 atom stereocenters. The van der Waals surface area contributed by atoms with E-state index in [2.05, 4.69) is 10.3 Å². The molecule has 0 saturated carbocycles. The van der Waals surface area contributed by atoms with Crippen molar-refractivity contribution in [3.8, 4) is 0 Å². The van der Waals surface area contributed by atoms with E-state index in [-0.39, 0.29) is 5.82 Å². The van der Waals surface area contributed by atoms with E-state index < -0.39 is 5.91 Å². The van der Waals surface area contributed by atoms with Gasteiger partial charge in [0.2, 0.25) is 0 Å². The predicted octanol–water partition coefficient (Wildman–Crippen LogP) is 4.87. The second-order valence-electron chi connectivity index (χ2n) is 4.47. The van der Waals surface area contributed by atoms with Crippen LogP contribution >= 0.6 is 23.2 Å². The number of H-pyrrole nitrogens is 1. The van der Waals surface area contributed by atoms with Crippen LogP contribution < -0.4 is 5.32 Å². The van der Waals surface area contributed by atoms with Gasteiger partial charge in [0.05, 0.1) is 15.7 Å². The highest BCUT2D eigenvalue weighted by atomic mass is 35.5. The highest BCUT2D eigenvalue weighted by Gasteiger charge is 2.13. The fourth-order valence-corrected chi connectivity index (χ4v) is 2.51. The monoisotopic (exact) mass is 322 g/mol. The van der Waals surface area contributed by atoms with E-state index in [9.17, 15) is 9.18 Å². The zero-order chi connectivity index (χ0) is 15.0. The molecule has 2 N–H and O–H groups in total. The number of hydrogen-bond acceptors (Lipinski definition) is 1. The van der Waals surface area contributed by atoms with Crippen LogP contribution in [0.2, 0.25) is 10.0 Å². The minimum Gasteiger partial charge on any atom is -0.350 e. The minimum absolute atomic E-state index is 0.298. The molecule has 0 spiro atoms. The molecule has 0 aliphatic rings. The van der Waals surface area contributed by atoms with Gasteiger partial charge < -0.3 is 10.3 Å². The first-order chi connectivity index (χ1) is 10.0. The van der Waals surface area contributed by atoms with Crippen LogP contribution in [-0.4, -0.2) is 10.9 Å². The fraction of sp³-hybridized carbons (Fsp3) is 0. The van der Waals surface area contributed by atoms with Crippen molar-refractivity contribution < 1.29 is 9.18 Å². The maximum Gasteiger partial charge on any atom is 0.272 e. The number of carbonyl (C=O) groups excluding carboxylic acids is 1. The van der Waals surface area contributed by atoms with Crippen LogP contribution in [0.15, 0.2) is 42.5 Å². The lowest BCUT2D eigenvalue weighted by atomic mass is 10.2. The van der Waals surface area contributed by atoms with Crippen molar-refractivity contribution in [3.05, 3.63) is 64.0 Å². The molecule has 1 aromatic heterocycles. The first-order valence-electron chi connectivity index (χ1n) is 6.08. The Hall–Kier alpha value is -2.04. The van der Waals surface area contributed by atoms with E-state index in [4.69, 9.17) is 23.2 Å². The van der Waals surface area contributed by atoms with Crippen LogP contribution in [-0.2, 0) is 0 Å². The summed E-state index contributed by atoms with van der Waals surface area (Å²) in [6.45, 7) is 0. The van der Waals surface area contributed by atoms with Crippen molar-refractivity contribution in [1.29, 1.82) is 0 Å². The second kappa shape index (κ2) is 5.39. The Balaban J connectivity index is 1.94. The quantitative estimate of drug-likeness (QED) is 0.694. The molecule has 0 bridgehead atoms. The summed E-state index contributed by atoms with van der Waals surface area (Å²) in [7, 11) is 0. The SMILES string of the molecule is O=C(Nc1c(Cl)cccc1Cl)c1cc2ccc(F)cc2[nH]1. The summed E-state index contributed by atoms with van der Waals surface area (Å²) < 4.78 is 13.1. The summed E-state index contributed by atoms with van der Waals surface area (Å²) in [6, 6.07) is 10.8. The number of aromatic amines is 1. The van der Waals surface area contributed by atoms with Crippen LogP contribution in [0.4, 0.5) is 10.1 Å². The molecule has 21 heavy (non-hydrogen) atoms. The van der Waals surface area contributed by atoms with Crippen LogP contribution in [0, 0.1) is 5.82 Å². The normalized spacial score (nSPS) is 10.8. The molecule has 1 amide bonds. The van der Waals surface area contributed by atoms with Gasteiger partial charge in [0.25, 0.3) is 5.91 Å². The van der Waals surface area contributed by atoms with Crippen LogP contribution in [0.3, 0.4) is 0 Å². The fourth-order valence-electron chi connectivity index (χ4n) is 2.02. The van der Waals surface area contributed by atoms with Crippen molar-refractivity contribution in [2.75, 3.05) is 5.32 Å². The average Bonchev–Trinajstić information content (AvgIpc) is 2.86. The number of amides is 1. The lowest BCUT2D eigenvalue weighted by molar-refractivity contribution is 0.102. The Kier molecular flexibility index (Phi) is 3.57. The van der Waals surface area contributed by atoms with Crippen LogP contribution in [0.25, 0.3) is 10.9 Å². The summed E-state index contributed by atoms with van der Waals surface area (Å²) in [5.41, 5.74) is 1.19. The molecule has 0 aliphatic carbocycles. The van der Waals surface area contributed by atoms with Gasteiger partial charge in [-0.3, -0.25) is 4.79 Å². The molecule has 3 nitrogen and oxygen atoms in total. The van der Waals surface area contributed by atoms with E-state index in [1.54, 1.807) is 30.3 Å². The number of anilines is 1. The van der Waals surface area contributed by atoms with Crippen LogP contribution in [0.5, 0.6) is 0 Å². The maximum absolute atomic E-state index is 13.1. The third-order valence-electron chi connectivity index (χ3n) is 3.03. The number of rotatable bonds is 2. The summed E-state index contributed by atoms with van der Waals surface area (Å²) in [4.78, 5) is 15.1. The predicted molar refractivity (Wildman–Crippen MR) is 82.7 cm³/mol. The third-order valence-corrected chi connectivity index (χ3v) is 3.66. The molecule has 106 valence electrons. The Morgan fingerprint density at radius 3 is 2.52 bits per heavy atom. The lowest BCUT2D eigenvalue weighted by Crippen LogP contribution is -2.12. The summed E-state index contributed by atoms with van der Waals surface area (Å²) in [5, 5.41) is 4.08. The average molecular weight is 323 g/mol. The molecule has 0 aliphatic heterocycles. The van der Waals surface area contributed by atoms with E-state index in [0.717, 1.165) is 5.39 Å². The number of benzene rings is 2. The molecule has 2 aromatic carbocycles. The van der Waals surface area contributed by atoms with Gasteiger partial charge in [0, 0.05) is 10.9 Å². The van der Waals surface area contributed by atoms with Crippen molar-refractivity contribution in [1.82, 2.24) is 4.98 Å². The Morgan fingerprint density at radius 2 is 1.81 bits per heavy atom. The zero-order valence-electron chi connectivity index (χ0n) is 10.6. The molecule has 0 saturated heterocycles. The Labute approximate surface area is 129 Å². The Morgan fingerprint density at radius 1 is 1.10 bits per heavy atom. The van der Waals surface area contributed by atoms with Gasteiger partial charge >= 0.3 is 0 Å². The number of halogens is 3. The highest BCUT2D eigenvalue weighted by Crippen LogP contribution is 2.30. The van der Waals surface area contributed by atoms with Crippen molar-refractivity contribution >= 4 is 45.7 Å². The number of aromatic nitrogens is 1. The zero-order valence-corrected chi connectivity index (χ0v) is 12.1. The second-order valence-corrected chi connectivity index (χ2v) is 5.28. The van der Waals surface area contributed by atoms with Crippen molar-refractivity contribution in [2.24, 2.45) is 0 Å². The molecule has 0 unspecified atom stereocenters. The minimum atomic E-state index is -0.401. The van der Waals surface area contributed by atoms with Gasteiger partial charge in [-0.2, -0.15) is 0 Å². The topological polar surface area (TPSA) is 44.9 Å². The molecule has 0 fully saturated rings. The summed E-state index contributed by atoms with van der Waals surface area (Å²) in [5.74, 6) is -0.771. The summed E-state index contributed by atoms with van der Waals surface area (Å²) >= 11 is 12.0. The number of hydrogen-bond donors (Lipinski definition) is 2. The molecule has 0 radical (unpaired) electrons. The number of nitrogens with one attached hydrogen (secondary N) is 2. The van der Waals surface area contributed by atoms with Gasteiger partial charge in [0.1, 0.15) is 11.5 Å². The van der Waals surface area contributed by atoms with Gasteiger partial charge in [0.15, 0.2) is 0 Å². The van der Waals surface area contributed by atoms with E-state index in [0.29, 0.717) is 26.9 Å². The van der Waals surface area contributed by atoms with Gasteiger partial charge in [-0.25, -0.2) is 4.39 Å². The Bertz CT molecular complexity index is 825. The van der Waals surface area contributed by atoms with E-state index >= 15 is 0 Å². The molecular formula is C15H9Cl2FN2O. The number of carbonyl (C=O) groups is 1. The highest BCUT2D eigenvalue weighted by molar-refractivity contribution is 6.40. The van der Waals surface area contributed by atoms with Gasteiger partial charge in [-0.05, 0) is 36.4 Å². The lowest BCUT2D eigenvalue weighted by Gasteiger charge is -2.07. The van der Waals surface area contributed by atoms with Crippen LogP contribution in [0.1, 0.15) is 10.5 Å². The van der Waals surface area contributed by atoms with E-state index in [1.807, 2.05) is 0 Å². The number of fused-ring (bicyclic) bond motifs is 1. The molecule has 3 aromatic rings. The molecule has 1 heterocycles. The largest absolute Gasteiger partial charge is 0.350 e. The standard InChI is InChI=1S/C15H9Cl2FN2O/c16-10-2-1-3-11(17)14(10)20-15(21)13-6-8-4-5-9(18)7-12(8)19-13/h1-7,19H,(H,20,21). The molecular weight excluding hydrogens is 314 g/mol. The molecule has 3 rings (SSSR count). The van der Waals surface area contributed by atoms with Crippen molar-refractivity contribution in [2.45, 2.75) is 0 Å². The molecule has 6 heteroatoms. The maximum atomic E-state index is 13.1. The smallest absolute Gasteiger partial charge is 0.272 e. The van der Waals surface area contributed by atoms with Crippen molar-refractivity contribution in [3.63, 3.8) is 0 Å².